The Morgan fingerprint density at radius 1 is 1.05 bits per heavy atom. The molecular weight excluding hydrogens is 243 g/mol. The van der Waals surface area contributed by atoms with Crippen molar-refractivity contribution in [1.82, 2.24) is 0 Å². The van der Waals surface area contributed by atoms with Crippen LogP contribution in [0.2, 0.25) is 0 Å². The van der Waals surface area contributed by atoms with Crippen molar-refractivity contribution < 1.29 is 19.5 Å². The monoisotopic (exact) mass is 264 g/mol. The van der Waals surface area contributed by atoms with E-state index in [1.54, 1.807) is 24.3 Å². The summed E-state index contributed by atoms with van der Waals surface area (Å²) in [6.45, 7) is 1.97. The molecule has 0 atom stereocenters. The van der Waals surface area contributed by atoms with Gasteiger partial charge in [0, 0.05) is 6.61 Å². The summed E-state index contributed by atoms with van der Waals surface area (Å²) in [7, 11) is -1.43. The van der Waals surface area contributed by atoms with Gasteiger partial charge in [0.15, 0.2) is 0 Å². The van der Waals surface area contributed by atoms with Crippen LogP contribution in [0.4, 0.5) is 0 Å². The van der Waals surface area contributed by atoms with Gasteiger partial charge in [-0.05, 0) is 36.4 Å². The second-order valence-corrected chi connectivity index (χ2v) is 5.02. The Balaban J connectivity index is 1.59. The Kier molecular flexibility index (Phi) is 5.70. The van der Waals surface area contributed by atoms with E-state index in [1.807, 2.05) is 0 Å². The van der Waals surface area contributed by atoms with Crippen molar-refractivity contribution in [2.45, 2.75) is 25.7 Å². The minimum absolute atomic E-state index is 0.463. The standard InChI is InChI=1S/C14H21BO4/c16-15(17)13-5-7-14(8-6-13)19-10-9-18-11-12-3-1-2-4-12/h5-8,12,16-17H,1-4,9-11H2. The van der Waals surface area contributed by atoms with E-state index in [0.29, 0.717) is 24.4 Å². The van der Waals surface area contributed by atoms with Gasteiger partial charge in [0.1, 0.15) is 12.4 Å². The number of hydrogen-bond acceptors (Lipinski definition) is 4. The molecular formula is C14H21BO4. The van der Waals surface area contributed by atoms with Crippen molar-refractivity contribution in [3.05, 3.63) is 24.3 Å². The third kappa shape index (κ3) is 4.86. The SMILES string of the molecule is OB(O)c1ccc(OCCOCC2CCCC2)cc1. The van der Waals surface area contributed by atoms with Gasteiger partial charge in [-0.15, -0.1) is 0 Å². The normalized spacial score (nSPS) is 15.7. The molecule has 0 saturated heterocycles. The molecule has 104 valence electrons. The van der Waals surface area contributed by atoms with Gasteiger partial charge < -0.3 is 19.5 Å². The lowest BCUT2D eigenvalue weighted by atomic mass is 9.80. The summed E-state index contributed by atoms with van der Waals surface area (Å²) in [4.78, 5) is 0. The lowest BCUT2D eigenvalue weighted by Crippen LogP contribution is -2.29. The maximum atomic E-state index is 8.96. The fourth-order valence-electron chi connectivity index (χ4n) is 2.38. The predicted molar refractivity (Wildman–Crippen MR) is 74.5 cm³/mol. The summed E-state index contributed by atoms with van der Waals surface area (Å²) in [5.74, 6) is 1.46. The Bertz CT molecular complexity index is 360. The molecule has 2 N–H and O–H groups in total. The minimum Gasteiger partial charge on any atom is -0.491 e. The molecule has 0 radical (unpaired) electrons. The summed E-state index contributed by atoms with van der Waals surface area (Å²) >= 11 is 0. The van der Waals surface area contributed by atoms with Crippen molar-refractivity contribution in [2.75, 3.05) is 19.8 Å². The first-order chi connectivity index (χ1) is 9.25. The van der Waals surface area contributed by atoms with E-state index in [-0.39, 0.29) is 0 Å². The first-order valence-corrected chi connectivity index (χ1v) is 6.92. The van der Waals surface area contributed by atoms with E-state index in [9.17, 15) is 0 Å². The van der Waals surface area contributed by atoms with Crippen molar-refractivity contribution >= 4 is 12.6 Å². The smallest absolute Gasteiger partial charge is 0.488 e. The van der Waals surface area contributed by atoms with Crippen LogP contribution in [0.3, 0.4) is 0 Å². The number of benzene rings is 1. The molecule has 1 aliphatic carbocycles. The maximum Gasteiger partial charge on any atom is 0.488 e. The van der Waals surface area contributed by atoms with Crippen LogP contribution in [0.15, 0.2) is 24.3 Å². The lowest BCUT2D eigenvalue weighted by molar-refractivity contribution is 0.0754. The van der Waals surface area contributed by atoms with Crippen LogP contribution in [-0.4, -0.2) is 37.0 Å². The van der Waals surface area contributed by atoms with Gasteiger partial charge in [0.25, 0.3) is 0 Å². The molecule has 1 aliphatic rings. The number of rotatable bonds is 7. The molecule has 0 spiro atoms. The summed E-state index contributed by atoms with van der Waals surface area (Å²) in [5.41, 5.74) is 0.463. The van der Waals surface area contributed by atoms with Crippen LogP contribution in [0.25, 0.3) is 0 Å². The Morgan fingerprint density at radius 3 is 2.37 bits per heavy atom. The lowest BCUT2D eigenvalue weighted by Gasteiger charge is -2.11. The van der Waals surface area contributed by atoms with Gasteiger partial charge in [0.2, 0.25) is 0 Å². The zero-order valence-corrected chi connectivity index (χ0v) is 11.1. The fourth-order valence-corrected chi connectivity index (χ4v) is 2.38. The van der Waals surface area contributed by atoms with E-state index >= 15 is 0 Å². The highest BCUT2D eigenvalue weighted by molar-refractivity contribution is 6.58. The minimum atomic E-state index is -1.43. The van der Waals surface area contributed by atoms with E-state index in [2.05, 4.69) is 0 Å². The van der Waals surface area contributed by atoms with Crippen molar-refractivity contribution in [2.24, 2.45) is 5.92 Å². The van der Waals surface area contributed by atoms with Crippen molar-refractivity contribution in [1.29, 1.82) is 0 Å². The van der Waals surface area contributed by atoms with Gasteiger partial charge in [-0.25, -0.2) is 0 Å². The highest BCUT2D eigenvalue weighted by Gasteiger charge is 2.14. The van der Waals surface area contributed by atoms with Gasteiger partial charge in [-0.3, -0.25) is 0 Å². The molecule has 0 unspecified atom stereocenters. The Labute approximate surface area is 114 Å². The fraction of sp³-hybridized carbons (Fsp3) is 0.571. The molecule has 0 aromatic heterocycles. The van der Waals surface area contributed by atoms with Crippen LogP contribution >= 0.6 is 0 Å². The molecule has 0 bridgehead atoms. The van der Waals surface area contributed by atoms with Crippen LogP contribution in [0, 0.1) is 5.92 Å². The molecule has 0 aliphatic heterocycles. The highest BCUT2D eigenvalue weighted by atomic mass is 16.5. The zero-order valence-electron chi connectivity index (χ0n) is 11.1. The third-order valence-corrected chi connectivity index (χ3v) is 3.50. The average molecular weight is 264 g/mol. The van der Waals surface area contributed by atoms with Gasteiger partial charge in [0.05, 0.1) is 6.61 Å². The van der Waals surface area contributed by atoms with Crippen molar-refractivity contribution in [3.8, 4) is 5.75 Å². The quantitative estimate of drug-likeness (QED) is 0.568. The molecule has 0 heterocycles. The van der Waals surface area contributed by atoms with Crippen molar-refractivity contribution in [3.63, 3.8) is 0 Å². The van der Waals surface area contributed by atoms with Crippen LogP contribution in [0.1, 0.15) is 25.7 Å². The summed E-state index contributed by atoms with van der Waals surface area (Å²) in [6.07, 6.45) is 5.28. The number of hydrogen-bond donors (Lipinski definition) is 2. The molecule has 0 amide bonds. The first-order valence-electron chi connectivity index (χ1n) is 6.92. The molecule has 2 rings (SSSR count). The predicted octanol–water partition coefficient (Wildman–Crippen LogP) is 0.952. The largest absolute Gasteiger partial charge is 0.491 e. The second-order valence-electron chi connectivity index (χ2n) is 5.02. The maximum absolute atomic E-state index is 8.96. The molecule has 1 saturated carbocycles. The van der Waals surface area contributed by atoms with E-state index < -0.39 is 7.12 Å². The van der Waals surface area contributed by atoms with Gasteiger partial charge in [-0.2, -0.15) is 0 Å². The summed E-state index contributed by atoms with van der Waals surface area (Å²) < 4.78 is 11.1. The molecule has 5 heteroatoms. The van der Waals surface area contributed by atoms with Gasteiger partial charge >= 0.3 is 7.12 Å². The molecule has 1 fully saturated rings. The molecule has 4 nitrogen and oxygen atoms in total. The van der Waals surface area contributed by atoms with E-state index in [4.69, 9.17) is 19.5 Å². The molecule has 19 heavy (non-hydrogen) atoms. The topological polar surface area (TPSA) is 58.9 Å². The Hall–Kier alpha value is -1.04. The summed E-state index contributed by atoms with van der Waals surface area (Å²) in [5, 5.41) is 17.9. The Morgan fingerprint density at radius 2 is 1.74 bits per heavy atom. The molecule has 1 aromatic rings. The average Bonchev–Trinajstić information content (AvgIpc) is 2.92. The second kappa shape index (κ2) is 7.53. The first kappa shape index (κ1) is 14.4. The highest BCUT2D eigenvalue weighted by Crippen LogP contribution is 2.24. The van der Waals surface area contributed by atoms with Gasteiger partial charge in [-0.1, -0.05) is 25.0 Å². The van der Waals surface area contributed by atoms with E-state index in [0.717, 1.165) is 12.5 Å². The van der Waals surface area contributed by atoms with Crippen LogP contribution < -0.4 is 10.2 Å². The van der Waals surface area contributed by atoms with E-state index in [1.165, 1.54) is 25.7 Å². The summed E-state index contributed by atoms with van der Waals surface area (Å²) in [6, 6.07) is 6.73. The van der Waals surface area contributed by atoms with Crippen LogP contribution in [0.5, 0.6) is 5.75 Å². The van der Waals surface area contributed by atoms with Crippen LogP contribution in [-0.2, 0) is 4.74 Å². The zero-order chi connectivity index (χ0) is 13.5. The number of ether oxygens (including phenoxy) is 2. The third-order valence-electron chi connectivity index (χ3n) is 3.50. The molecule has 1 aromatic carbocycles.